The molecular formula is C21H16ClN5O. The normalized spacial score (nSPS) is 10.6. The maximum absolute atomic E-state index is 12.5. The molecule has 4 rings (SSSR count). The molecule has 2 aromatic heterocycles. The summed E-state index contributed by atoms with van der Waals surface area (Å²) in [6.45, 7) is 1.95. The standard InChI is InChI=1S/C21H16ClN5O/c1-13-10-15(22)7-8-16(13)26-19-12-24-18(11-25-19)21(28)27-17-6-2-4-14-5-3-9-23-20(14)17/h2-12H,1H3,(H,25,26)(H,27,28). The quantitative estimate of drug-likeness (QED) is 0.514. The number of rotatable bonds is 4. The number of amides is 1. The van der Waals surface area contributed by atoms with E-state index in [-0.39, 0.29) is 11.6 Å². The van der Waals surface area contributed by atoms with Gasteiger partial charge in [-0.15, -0.1) is 0 Å². The van der Waals surface area contributed by atoms with Gasteiger partial charge in [-0.2, -0.15) is 0 Å². The Balaban J connectivity index is 1.51. The van der Waals surface area contributed by atoms with Gasteiger partial charge >= 0.3 is 0 Å². The molecule has 4 aromatic rings. The number of carbonyl (C=O) groups excluding carboxylic acids is 1. The van der Waals surface area contributed by atoms with Crippen LogP contribution in [-0.4, -0.2) is 20.9 Å². The number of halogens is 1. The first-order valence-corrected chi connectivity index (χ1v) is 8.98. The Labute approximate surface area is 166 Å². The fraction of sp³-hybridized carbons (Fsp3) is 0.0476. The lowest BCUT2D eigenvalue weighted by Gasteiger charge is -2.10. The molecule has 28 heavy (non-hydrogen) atoms. The minimum atomic E-state index is -0.347. The van der Waals surface area contributed by atoms with E-state index in [0.717, 1.165) is 22.2 Å². The monoisotopic (exact) mass is 389 g/mol. The van der Waals surface area contributed by atoms with E-state index < -0.39 is 0 Å². The molecule has 6 nitrogen and oxygen atoms in total. The first-order valence-electron chi connectivity index (χ1n) is 8.60. The number of carbonyl (C=O) groups is 1. The van der Waals surface area contributed by atoms with Crippen molar-refractivity contribution in [3.8, 4) is 0 Å². The van der Waals surface area contributed by atoms with E-state index in [1.165, 1.54) is 12.4 Å². The molecule has 0 atom stereocenters. The SMILES string of the molecule is Cc1cc(Cl)ccc1Nc1cnc(C(=O)Nc2cccc3cccnc23)cn1. The molecular weight excluding hydrogens is 374 g/mol. The highest BCUT2D eigenvalue weighted by Gasteiger charge is 2.11. The van der Waals surface area contributed by atoms with Gasteiger partial charge in [0.25, 0.3) is 5.91 Å². The van der Waals surface area contributed by atoms with E-state index in [2.05, 4.69) is 25.6 Å². The van der Waals surface area contributed by atoms with Gasteiger partial charge in [0.2, 0.25) is 0 Å². The number of anilines is 3. The van der Waals surface area contributed by atoms with E-state index >= 15 is 0 Å². The molecule has 1 amide bonds. The van der Waals surface area contributed by atoms with Crippen molar-refractivity contribution in [2.24, 2.45) is 0 Å². The average molecular weight is 390 g/mol. The van der Waals surface area contributed by atoms with Crippen LogP contribution in [0.5, 0.6) is 0 Å². The first kappa shape index (κ1) is 17.9. The van der Waals surface area contributed by atoms with Gasteiger partial charge in [-0.05, 0) is 42.8 Å². The Morgan fingerprint density at radius 2 is 1.82 bits per heavy atom. The van der Waals surface area contributed by atoms with Gasteiger partial charge in [0.15, 0.2) is 0 Å². The van der Waals surface area contributed by atoms with E-state index in [1.54, 1.807) is 18.3 Å². The number of benzene rings is 2. The van der Waals surface area contributed by atoms with Crippen LogP contribution >= 0.6 is 11.6 Å². The second-order valence-electron chi connectivity index (χ2n) is 6.21. The van der Waals surface area contributed by atoms with Crippen LogP contribution in [0.3, 0.4) is 0 Å². The topological polar surface area (TPSA) is 79.8 Å². The second kappa shape index (κ2) is 7.62. The van der Waals surface area contributed by atoms with E-state index in [9.17, 15) is 4.79 Å². The highest BCUT2D eigenvalue weighted by Crippen LogP contribution is 2.23. The summed E-state index contributed by atoms with van der Waals surface area (Å²) in [5.41, 5.74) is 3.43. The summed E-state index contributed by atoms with van der Waals surface area (Å²) < 4.78 is 0. The predicted octanol–water partition coefficient (Wildman–Crippen LogP) is 4.98. The third-order valence-electron chi connectivity index (χ3n) is 4.22. The molecule has 0 bridgehead atoms. The minimum absolute atomic E-state index is 0.214. The Bertz CT molecular complexity index is 1160. The Hall–Kier alpha value is -3.51. The van der Waals surface area contributed by atoms with Crippen molar-refractivity contribution in [1.29, 1.82) is 0 Å². The number of hydrogen-bond donors (Lipinski definition) is 2. The maximum Gasteiger partial charge on any atom is 0.275 e. The molecule has 0 saturated heterocycles. The third-order valence-corrected chi connectivity index (χ3v) is 4.45. The lowest BCUT2D eigenvalue weighted by atomic mass is 10.2. The van der Waals surface area contributed by atoms with Crippen LogP contribution in [0.2, 0.25) is 5.02 Å². The Kier molecular flexibility index (Phi) is 4.87. The number of pyridine rings is 1. The van der Waals surface area contributed by atoms with Gasteiger partial charge in [-0.3, -0.25) is 9.78 Å². The molecule has 0 aliphatic heterocycles. The summed E-state index contributed by atoms with van der Waals surface area (Å²) in [4.78, 5) is 25.4. The molecule has 0 fully saturated rings. The molecule has 0 unspecified atom stereocenters. The van der Waals surface area contributed by atoms with Crippen LogP contribution in [-0.2, 0) is 0 Å². The van der Waals surface area contributed by atoms with Crippen molar-refractivity contribution in [3.05, 3.63) is 83.4 Å². The molecule has 7 heteroatoms. The third kappa shape index (κ3) is 3.77. The smallest absolute Gasteiger partial charge is 0.275 e. The lowest BCUT2D eigenvalue weighted by Crippen LogP contribution is -2.14. The number of fused-ring (bicyclic) bond motifs is 1. The number of nitrogens with zero attached hydrogens (tertiary/aromatic N) is 3. The predicted molar refractivity (Wildman–Crippen MR) is 111 cm³/mol. The van der Waals surface area contributed by atoms with E-state index in [1.807, 2.05) is 43.3 Å². The zero-order chi connectivity index (χ0) is 19.5. The summed E-state index contributed by atoms with van der Waals surface area (Å²) in [6.07, 6.45) is 4.64. The molecule has 0 saturated carbocycles. The van der Waals surface area contributed by atoms with Crippen molar-refractivity contribution >= 4 is 45.6 Å². The average Bonchev–Trinajstić information content (AvgIpc) is 2.71. The summed E-state index contributed by atoms with van der Waals surface area (Å²) in [7, 11) is 0. The summed E-state index contributed by atoms with van der Waals surface area (Å²) in [5.74, 6) is 0.189. The van der Waals surface area contributed by atoms with Crippen molar-refractivity contribution in [3.63, 3.8) is 0 Å². The van der Waals surface area contributed by atoms with E-state index in [4.69, 9.17) is 11.6 Å². The van der Waals surface area contributed by atoms with Gasteiger partial charge in [0, 0.05) is 22.3 Å². The molecule has 2 N–H and O–H groups in total. The summed E-state index contributed by atoms with van der Waals surface area (Å²) in [6, 6.07) is 14.9. The molecule has 2 aromatic carbocycles. The lowest BCUT2D eigenvalue weighted by molar-refractivity contribution is 0.102. The van der Waals surface area contributed by atoms with Crippen LogP contribution in [0.15, 0.2) is 67.1 Å². The van der Waals surface area contributed by atoms with Crippen LogP contribution in [0.1, 0.15) is 16.1 Å². The van der Waals surface area contributed by atoms with E-state index in [0.29, 0.717) is 16.5 Å². The number of para-hydroxylation sites is 1. The van der Waals surface area contributed by atoms with Gasteiger partial charge in [-0.1, -0.05) is 29.8 Å². The molecule has 0 radical (unpaired) electrons. The van der Waals surface area contributed by atoms with Crippen LogP contribution < -0.4 is 10.6 Å². The highest BCUT2D eigenvalue weighted by molar-refractivity contribution is 6.30. The molecule has 138 valence electrons. The van der Waals surface area contributed by atoms with Crippen molar-refractivity contribution < 1.29 is 4.79 Å². The molecule has 0 aliphatic carbocycles. The number of nitrogens with one attached hydrogen (secondary N) is 2. The zero-order valence-electron chi connectivity index (χ0n) is 15.0. The summed E-state index contributed by atoms with van der Waals surface area (Å²) in [5, 5.41) is 7.63. The van der Waals surface area contributed by atoms with Crippen LogP contribution in [0.25, 0.3) is 10.9 Å². The largest absolute Gasteiger partial charge is 0.339 e. The number of aromatic nitrogens is 3. The molecule has 2 heterocycles. The van der Waals surface area contributed by atoms with Gasteiger partial charge < -0.3 is 10.6 Å². The van der Waals surface area contributed by atoms with Gasteiger partial charge in [0.05, 0.1) is 23.6 Å². The van der Waals surface area contributed by atoms with Gasteiger partial charge in [-0.25, -0.2) is 9.97 Å². The van der Waals surface area contributed by atoms with Crippen molar-refractivity contribution in [1.82, 2.24) is 15.0 Å². The van der Waals surface area contributed by atoms with Crippen LogP contribution in [0, 0.1) is 6.92 Å². The fourth-order valence-corrected chi connectivity index (χ4v) is 3.03. The number of hydrogen-bond acceptors (Lipinski definition) is 5. The number of aryl methyl sites for hydroxylation is 1. The van der Waals surface area contributed by atoms with Crippen LogP contribution in [0.4, 0.5) is 17.2 Å². The maximum atomic E-state index is 12.5. The first-order chi connectivity index (χ1) is 13.6. The van der Waals surface area contributed by atoms with Gasteiger partial charge in [0.1, 0.15) is 11.5 Å². The Morgan fingerprint density at radius 1 is 0.964 bits per heavy atom. The fourth-order valence-electron chi connectivity index (χ4n) is 2.81. The summed E-state index contributed by atoms with van der Waals surface area (Å²) >= 11 is 5.97. The molecule has 0 aliphatic rings. The zero-order valence-corrected chi connectivity index (χ0v) is 15.7. The molecule has 0 spiro atoms. The minimum Gasteiger partial charge on any atom is -0.339 e. The van der Waals surface area contributed by atoms with Crippen molar-refractivity contribution in [2.75, 3.05) is 10.6 Å². The van der Waals surface area contributed by atoms with Crippen molar-refractivity contribution in [2.45, 2.75) is 6.92 Å². The highest BCUT2D eigenvalue weighted by atomic mass is 35.5. The Morgan fingerprint density at radius 3 is 2.61 bits per heavy atom. The second-order valence-corrected chi connectivity index (χ2v) is 6.64.